The first-order valence-electron chi connectivity index (χ1n) is 5.08. The summed E-state index contributed by atoms with van der Waals surface area (Å²) in [6, 6.07) is 0. The maximum atomic E-state index is 5.19. The van der Waals surface area contributed by atoms with Crippen LogP contribution in [-0.4, -0.2) is 25.4 Å². The van der Waals surface area contributed by atoms with E-state index in [1.54, 1.807) is 0 Å². The molecule has 2 rings (SSSR count). The summed E-state index contributed by atoms with van der Waals surface area (Å²) >= 11 is 0. The van der Waals surface area contributed by atoms with Crippen molar-refractivity contribution in [1.29, 1.82) is 0 Å². The van der Waals surface area contributed by atoms with Crippen LogP contribution in [0.2, 0.25) is 0 Å². The highest BCUT2D eigenvalue weighted by Gasteiger charge is 2.25. The third kappa shape index (κ3) is 3.11. The van der Waals surface area contributed by atoms with E-state index in [1.807, 2.05) is 0 Å². The quantitative estimate of drug-likeness (QED) is 0.569. The first kappa shape index (κ1) is 8.52. The highest BCUT2D eigenvalue weighted by atomic mass is 16.6. The van der Waals surface area contributed by atoms with Gasteiger partial charge in [-0.15, -0.1) is 0 Å². The minimum Gasteiger partial charge on any atom is -0.373 e. The summed E-state index contributed by atoms with van der Waals surface area (Å²) in [7, 11) is 0. The van der Waals surface area contributed by atoms with E-state index in [2.05, 4.69) is 6.92 Å². The summed E-state index contributed by atoms with van der Waals surface area (Å²) in [5.41, 5.74) is 0. The Kier molecular flexibility index (Phi) is 2.66. The lowest BCUT2D eigenvalue weighted by molar-refractivity contribution is 0.339. The van der Waals surface area contributed by atoms with Gasteiger partial charge in [0.25, 0.3) is 0 Å². The first-order valence-corrected chi connectivity index (χ1v) is 5.08. The fourth-order valence-corrected chi connectivity index (χ4v) is 1.70. The Balaban J connectivity index is 1.46. The lowest BCUT2D eigenvalue weighted by Gasteiger charge is -2.07. The molecule has 0 aromatic heterocycles. The van der Waals surface area contributed by atoms with Gasteiger partial charge in [0.15, 0.2) is 0 Å². The minimum absolute atomic E-state index is 0.608. The van der Waals surface area contributed by atoms with Crippen LogP contribution in [0.1, 0.15) is 32.6 Å². The van der Waals surface area contributed by atoms with E-state index in [1.165, 1.54) is 25.7 Å². The van der Waals surface area contributed by atoms with Crippen molar-refractivity contribution >= 4 is 0 Å². The van der Waals surface area contributed by atoms with E-state index in [0.29, 0.717) is 12.2 Å². The predicted molar refractivity (Wildman–Crippen MR) is 47.1 cm³/mol. The van der Waals surface area contributed by atoms with E-state index >= 15 is 0 Å². The van der Waals surface area contributed by atoms with Gasteiger partial charge >= 0.3 is 0 Å². The summed E-state index contributed by atoms with van der Waals surface area (Å²) < 4.78 is 10.4. The minimum atomic E-state index is 0.608. The second-order valence-electron chi connectivity index (χ2n) is 4.18. The van der Waals surface area contributed by atoms with Crippen LogP contribution in [0, 0.1) is 5.92 Å². The Hall–Kier alpha value is -0.0800. The molecule has 0 N–H and O–H groups in total. The Bertz CT molecular complexity index is 139. The zero-order chi connectivity index (χ0) is 8.39. The molecule has 2 fully saturated rings. The molecule has 0 aromatic carbocycles. The van der Waals surface area contributed by atoms with Crippen molar-refractivity contribution in [3.8, 4) is 0 Å². The second-order valence-corrected chi connectivity index (χ2v) is 4.18. The molecule has 0 aliphatic carbocycles. The molecule has 2 heteroatoms. The highest BCUT2D eigenvalue weighted by molar-refractivity contribution is 4.73. The number of epoxide rings is 2. The van der Waals surface area contributed by atoms with Crippen LogP contribution >= 0.6 is 0 Å². The van der Waals surface area contributed by atoms with Crippen LogP contribution in [0.3, 0.4) is 0 Å². The molecule has 12 heavy (non-hydrogen) atoms. The van der Waals surface area contributed by atoms with Crippen molar-refractivity contribution in [2.24, 2.45) is 5.92 Å². The Morgan fingerprint density at radius 3 is 2.50 bits per heavy atom. The van der Waals surface area contributed by atoms with Gasteiger partial charge in [-0.2, -0.15) is 0 Å². The molecule has 0 saturated carbocycles. The Labute approximate surface area is 74.2 Å². The van der Waals surface area contributed by atoms with Crippen LogP contribution in [0.25, 0.3) is 0 Å². The van der Waals surface area contributed by atoms with Crippen LogP contribution < -0.4 is 0 Å². The molecule has 2 aliphatic rings. The van der Waals surface area contributed by atoms with Crippen molar-refractivity contribution in [3.63, 3.8) is 0 Å². The molecule has 70 valence electrons. The molecule has 2 aliphatic heterocycles. The lowest BCUT2D eigenvalue weighted by Crippen LogP contribution is -2.00. The zero-order valence-corrected chi connectivity index (χ0v) is 7.79. The van der Waals surface area contributed by atoms with Gasteiger partial charge in [0, 0.05) is 0 Å². The van der Waals surface area contributed by atoms with Crippen molar-refractivity contribution in [1.82, 2.24) is 0 Å². The summed E-state index contributed by atoms with van der Waals surface area (Å²) in [6.45, 7) is 4.35. The van der Waals surface area contributed by atoms with Gasteiger partial charge in [-0.1, -0.05) is 19.8 Å². The van der Waals surface area contributed by atoms with Gasteiger partial charge in [-0.3, -0.25) is 0 Å². The third-order valence-corrected chi connectivity index (χ3v) is 2.69. The zero-order valence-electron chi connectivity index (χ0n) is 7.79. The molecule has 0 radical (unpaired) electrons. The average Bonchev–Trinajstić information content (AvgIpc) is 2.77. The maximum Gasteiger partial charge on any atom is 0.0812 e. The van der Waals surface area contributed by atoms with Gasteiger partial charge < -0.3 is 9.47 Å². The van der Waals surface area contributed by atoms with Gasteiger partial charge in [0.05, 0.1) is 25.4 Å². The standard InChI is InChI=1S/C10H18O2/c1-8(5-10-7-12-10)3-2-4-9-6-11-9/h8-10H,2-7H2,1H3. The molecule has 0 amide bonds. The number of ether oxygens (including phenoxy) is 2. The fraction of sp³-hybridized carbons (Fsp3) is 1.00. The fourth-order valence-electron chi connectivity index (χ4n) is 1.70. The van der Waals surface area contributed by atoms with Crippen LogP contribution in [0.5, 0.6) is 0 Å². The summed E-state index contributed by atoms with van der Waals surface area (Å²) in [5, 5.41) is 0. The Morgan fingerprint density at radius 2 is 1.92 bits per heavy atom. The molecule has 2 nitrogen and oxygen atoms in total. The number of rotatable bonds is 6. The third-order valence-electron chi connectivity index (χ3n) is 2.69. The van der Waals surface area contributed by atoms with E-state index in [4.69, 9.17) is 9.47 Å². The highest BCUT2D eigenvalue weighted by Crippen LogP contribution is 2.24. The topological polar surface area (TPSA) is 25.1 Å². The van der Waals surface area contributed by atoms with Gasteiger partial charge in [-0.25, -0.2) is 0 Å². The first-order chi connectivity index (χ1) is 5.84. The van der Waals surface area contributed by atoms with Crippen LogP contribution in [0.15, 0.2) is 0 Å². The Morgan fingerprint density at radius 1 is 1.25 bits per heavy atom. The van der Waals surface area contributed by atoms with E-state index in [0.717, 1.165) is 19.1 Å². The predicted octanol–water partition coefficient (Wildman–Crippen LogP) is 1.98. The summed E-state index contributed by atoms with van der Waals surface area (Å²) in [6.07, 6.45) is 6.45. The SMILES string of the molecule is CC(CCCC1CO1)CC1CO1. The second kappa shape index (κ2) is 3.75. The van der Waals surface area contributed by atoms with Crippen LogP contribution in [-0.2, 0) is 9.47 Å². The molecule has 3 atom stereocenters. The maximum absolute atomic E-state index is 5.19. The summed E-state index contributed by atoms with van der Waals surface area (Å²) in [5.74, 6) is 0.844. The average molecular weight is 170 g/mol. The molecular formula is C10H18O2. The molecule has 2 saturated heterocycles. The molecule has 3 unspecified atom stereocenters. The number of hydrogen-bond donors (Lipinski definition) is 0. The molecule has 0 bridgehead atoms. The van der Waals surface area contributed by atoms with E-state index in [9.17, 15) is 0 Å². The van der Waals surface area contributed by atoms with Gasteiger partial charge in [-0.05, 0) is 18.8 Å². The van der Waals surface area contributed by atoms with Crippen molar-refractivity contribution in [2.75, 3.05) is 13.2 Å². The molecule has 0 aromatic rings. The van der Waals surface area contributed by atoms with Crippen molar-refractivity contribution < 1.29 is 9.47 Å². The van der Waals surface area contributed by atoms with E-state index < -0.39 is 0 Å². The summed E-state index contributed by atoms with van der Waals surface area (Å²) in [4.78, 5) is 0. The number of hydrogen-bond acceptors (Lipinski definition) is 2. The van der Waals surface area contributed by atoms with Gasteiger partial charge in [0.1, 0.15) is 0 Å². The normalized spacial score (nSPS) is 34.8. The smallest absolute Gasteiger partial charge is 0.0812 e. The van der Waals surface area contributed by atoms with E-state index in [-0.39, 0.29) is 0 Å². The lowest BCUT2D eigenvalue weighted by atomic mass is 9.98. The molecular weight excluding hydrogens is 152 g/mol. The largest absolute Gasteiger partial charge is 0.373 e. The molecule has 2 heterocycles. The monoisotopic (exact) mass is 170 g/mol. The van der Waals surface area contributed by atoms with Crippen LogP contribution in [0.4, 0.5) is 0 Å². The van der Waals surface area contributed by atoms with Gasteiger partial charge in [0.2, 0.25) is 0 Å². The van der Waals surface area contributed by atoms with Crippen molar-refractivity contribution in [2.45, 2.75) is 44.8 Å². The van der Waals surface area contributed by atoms with Crippen molar-refractivity contribution in [3.05, 3.63) is 0 Å². The molecule has 0 spiro atoms.